The van der Waals surface area contributed by atoms with E-state index in [0.717, 1.165) is 17.0 Å². The van der Waals surface area contributed by atoms with Crippen LogP contribution in [0.5, 0.6) is 5.75 Å². The predicted molar refractivity (Wildman–Crippen MR) is 107 cm³/mol. The van der Waals surface area contributed by atoms with Gasteiger partial charge >= 0.3 is 6.03 Å². The Hall–Kier alpha value is -3.10. The summed E-state index contributed by atoms with van der Waals surface area (Å²) in [5.41, 5.74) is 2.48. The number of benzene rings is 2. The van der Waals surface area contributed by atoms with E-state index in [1.807, 2.05) is 29.6 Å². The summed E-state index contributed by atoms with van der Waals surface area (Å²) in [4.78, 5) is 17.2. The first-order valence-corrected chi connectivity index (χ1v) is 9.20. The van der Waals surface area contributed by atoms with E-state index in [-0.39, 0.29) is 5.95 Å². The van der Waals surface area contributed by atoms with Gasteiger partial charge in [-0.2, -0.15) is 4.98 Å². The number of aromatic nitrogens is 3. The van der Waals surface area contributed by atoms with Gasteiger partial charge in [0.2, 0.25) is 4.96 Å². The molecule has 0 aliphatic carbocycles. The molecule has 0 unspecified atom stereocenters. The van der Waals surface area contributed by atoms with E-state index < -0.39 is 6.03 Å². The molecule has 0 atom stereocenters. The smallest absolute Gasteiger partial charge is 0.326 e. The molecule has 0 spiro atoms. The number of carbonyl (C=O) groups is 1. The Balaban J connectivity index is 1.52. The van der Waals surface area contributed by atoms with Crippen molar-refractivity contribution in [1.29, 1.82) is 0 Å². The largest absolute Gasteiger partial charge is 0.497 e. The molecule has 4 rings (SSSR count). The van der Waals surface area contributed by atoms with Crippen LogP contribution in [0, 0.1) is 0 Å². The van der Waals surface area contributed by atoms with E-state index in [9.17, 15) is 4.79 Å². The molecule has 9 heteroatoms. The third kappa shape index (κ3) is 3.71. The number of ether oxygens (including phenoxy) is 1. The summed E-state index contributed by atoms with van der Waals surface area (Å²) < 4.78 is 6.88. The van der Waals surface area contributed by atoms with Crippen LogP contribution < -0.4 is 15.4 Å². The lowest BCUT2D eigenvalue weighted by atomic mass is 10.2. The maximum atomic E-state index is 12.1. The summed E-state index contributed by atoms with van der Waals surface area (Å²) in [6.45, 7) is 0. The van der Waals surface area contributed by atoms with Crippen molar-refractivity contribution in [3.05, 3.63) is 58.9 Å². The summed E-state index contributed by atoms with van der Waals surface area (Å²) in [5.74, 6) is 1.01. The molecular formula is C18H14ClN5O2S. The molecule has 2 aromatic carbocycles. The molecule has 0 aliphatic heterocycles. The second kappa shape index (κ2) is 7.26. The van der Waals surface area contributed by atoms with Crippen LogP contribution >= 0.6 is 22.9 Å². The minimum atomic E-state index is -0.429. The topological polar surface area (TPSA) is 80.5 Å². The Morgan fingerprint density at radius 1 is 1.11 bits per heavy atom. The summed E-state index contributed by atoms with van der Waals surface area (Å²) in [6.07, 6.45) is 0. The summed E-state index contributed by atoms with van der Waals surface area (Å²) >= 11 is 7.28. The third-order valence-electron chi connectivity index (χ3n) is 3.79. The molecule has 2 amide bonds. The average molecular weight is 400 g/mol. The van der Waals surface area contributed by atoms with Gasteiger partial charge in [-0.3, -0.25) is 5.32 Å². The second-order valence-electron chi connectivity index (χ2n) is 5.57. The molecule has 27 heavy (non-hydrogen) atoms. The number of amides is 2. The lowest BCUT2D eigenvalue weighted by molar-refractivity contribution is 0.262. The predicted octanol–water partition coefficient (Wildman–Crippen LogP) is 4.76. The van der Waals surface area contributed by atoms with Crippen LogP contribution in [-0.2, 0) is 0 Å². The highest BCUT2D eigenvalue weighted by Gasteiger charge is 2.13. The number of methoxy groups -OCH3 is 1. The van der Waals surface area contributed by atoms with Crippen molar-refractivity contribution in [3.63, 3.8) is 0 Å². The molecule has 0 bridgehead atoms. The number of rotatable bonds is 4. The molecule has 0 fully saturated rings. The van der Waals surface area contributed by atoms with Crippen LogP contribution in [0.1, 0.15) is 0 Å². The van der Waals surface area contributed by atoms with Gasteiger partial charge in [-0.25, -0.2) is 9.31 Å². The van der Waals surface area contributed by atoms with E-state index in [0.29, 0.717) is 15.7 Å². The van der Waals surface area contributed by atoms with Gasteiger partial charge in [0.1, 0.15) is 5.75 Å². The monoisotopic (exact) mass is 399 g/mol. The maximum absolute atomic E-state index is 12.1. The lowest BCUT2D eigenvalue weighted by Gasteiger charge is -2.04. The van der Waals surface area contributed by atoms with Crippen LogP contribution in [0.4, 0.5) is 16.4 Å². The average Bonchev–Trinajstić information content (AvgIpc) is 3.24. The molecular weight excluding hydrogens is 386 g/mol. The fourth-order valence-electron chi connectivity index (χ4n) is 2.49. The van der Waals surface area contributed by atoms with Gasteiger partial charge in [0.05, 0.1) is 12.8 Å². The summed E-state index contributed by atoms with van der Waals surface area (Å²) in [7, 11) is 1.63. The number of hydrogen-bond donors (Lipinski definition) is 2. The highest BCUT2D eigenvalue weighted by Crippen LogP contribution is 2.27. The Kier molecular flexibility index (Phi) is 4.66. The van der Waals surface area contributed by atoms with Crippen LogP contribution in [-0.4, -0.2) is 27.7 Å². The lowest BCUT2D eigenvalue weighted by Crippen LogP contribution is -2.20. The number of carbonyl (C=O) groups excluding carboxylic acids is 1. The first kappa shape index (κ1) is 17.3. The van der Waals surface area contributed by atoms with Gasteiger partial charge in [0.15, 0.2) is 0 Å². The zero-order chi connectivity index (χ0) is 18.8. The number of urea groups is 1. The van der Waals surface area contributed by atoms with Gasteiger partial charge in [-0.15, -0.1) is 16.4 Å². The second-order valence-corrected chi connectivity index (χ2v) is 6.84. The van der Waals surface area contributed by atoms with E-state index >= 15 is 0 Å². The standard InChI is InChI=1S/C18H14ClN5O2S/c1-26-14-8-2-11(3-9-14)15-10-27-18-22-16(23-24(15)18)21-17(25)20-13-6-4-12(19)5-7-13/h2-10H,1H3,(H2,20,21,23,25). The quantitative estimate of drug-likeness (QED) is 0.518. The molecule has 2 heterocycles. The fraction of sp³-hybridized carbons (Fsp3) is 0.0556. The maximum Gasteiger partial charge on any atom is 0.326 e. The van der Waals surface area contributed by atoms with Crippen LogP contribution in [0.3, 0.4) is 0 Å². The number of thiazole rings is 1. The number of fused-ring (bicyclic) bond motifs is 1. The van der Waals surface area contributed by atoms with Crippen molar-refractivity contribution in [3.8, 4) is 17.0 Å². The van der Waals surface area contributed by atoms with Crippen LogP contribution in [0.15, 0.2) is 53.9 Å². The highest BCUT2D eigenvalue weighted by atomic mass is 35.5. The summed E-state index contributed by atoms with van der Waals surface area (Å²) in [5, 5.41) is 12.3. The van der Waals surface area contributed by atoms with Crippen molar-refractivity contribution in [2.75, 3.05) is 17.7 Å². The van der Waals surface area contributed by atoms with E-state index in [1.54, 1.807) is 35.9 Å². The third-order valence-corrected chi connectivity index (χ3v) is 4.86. The Morgan fingerprint density at radius 3 is 2.56 bits per heavy atom. The normalized spacial score (nSPS) is 10.7. The number of hydrogen-bond acceptors (Lipinski definition) is 5. The molecule has 7 nitrogen and oxygen atoms in total. The van der Waals surface area contributed by atoms with Gasteiger partial charge in [-0.1, -0.05) is 11.6 Å². The first-order chi connectivity index (χ1) is 13.1. The van der Waals surface area contributed by atoms with Crippen molar-refractivity contribution in [2.24, 2.45) is 0 Å². The summed E-state index contributed by atoms with van der Waals surface area (Å²) in [6, 6.07) is 14.0. The highest BCUT2D eigenvalue weighted by molar-refractivity contribution is 7.15. The molecule has 0 saturated heterocycles. The van der Waals surface area contributed by atoms with E-state index in [4.69, 9.17) is 16.3 Å². The molecule has 0 aliphatic rings. The molecule has 0 radical (unpaired) electrons. The number of nitrogens with one attached hydrogen (secondary N) is 2. The Morgan fingerprint density at radius 2 is 1.85 bits per heavy atom. The van der Waals surface area contributed by atoms with Crippen LogP contribution in [0.25, 0.3) is 16.2 Å². The zero-order valence-corrected chi connectivity index (χ0v) is 15.7. The number of halogens is 1. The molecule has 136 valence electrons. The molecule has 2 aromatic heterocycles. The SMILES string of the molecule is COc1ccc(-c2csc3nc(NC(=O)Nc4ccc(Cl)cc4)nn23)cc1. The van der Waals surface area contributed by atoms with Gasteiger partial charge in [0, 0.05) is 21.7 Å². The number of nitrogens with zero attached hydrogens (tertiary/aromatic N) is 3. The zero-order valence-electron chi connectivity index (χ0n) is 14.1. The van der Waals surface area contributed by atoms with E-state index in [1.165, 1.54) is 11.3 Å². The van der Waals surface area contributed by atoms with Gasteiger partial charge in [-0.05, 0) is 48.5 Å². The van der Waals surface area contributed by atoms with Crippen molar-refractivity contribution in [2.45, 2.75) is 0 Å². The number of anilines is 2. The van der Waals surface area contributed by atoms with Crippen LogP contribution in [0.2, 0.25) is 5.02 Å². The first-order valence-electron chi connectivity index (χ1n) is 7.94. The van der Waals surface area contributed by atoms with Crippen molar-refractivity contribution in [1.82, 2.24) is 14.6 Å². The molecule has 4 aromatic rings. The van der Waals surface area contributed by atoms with Crippen molar-refractivity contribution >= 4 is 45.6 Å². The Bertz CT molecular complexity index is 1090. The fourth-order valence-corrected chi connectivity index (χ4v) is 3.45. The van der Waals surface area contributed by atoms with E-state index in [2.05, 4.69) is 20.7 Å². The van der Waals surface area contributed by atoms with Gasteiger partial charge < -0.3 is 10.1 Å². The molecule has 0 saturated carbocycles. The Labute approximate surface area is 163 Å². The minimum absolute atomic E-state index is 0.225. The molecule has 2 N–H and O–H groups in total. The van der Waals surface area contributed by atoms with Crippen molar-refractivity contribution < 1.29 is 9.53 Å². The minimum Gasteiger partial charge on any atom is -0.497 e. The van der Waals surface area contributed by atoms with Gasteiger partial charge in [0.25, 0.3) is 5.95 Å².